The van der Waals surface area contributed by atoms with Crippen LogP contribution in [0.2, 0.25) is 0 Å². The number of carbonyl (C=O) groups is 1. The molecular weight excluding hydrogens is 298 g/mol. The summed E-state index contributed by atoms with van der Waals surface area (Å²) in [6, 6.07) is 5.41. The number of nitrogens with zero attached hydrogens (tertiary/aromatic N) is 1. The lowest BCUT2D eigenvalue weighted by atomic mass is 10.1. The van der Waals surface area contributed by atoms with Crippen molar-refractivity contribution < 1.29 is 14.3 Å². The molecule has 0 aliphatic carbocycles. The SMILES string of the molecule is COc1ccc(Br)c(C(=O)N2CCO[C@@H](C)C2)c1. The Morgan fingerprint density at radius 1 is 1.56 bits per heavy atom. The highest BCUT2D eigenvalue weighted by atomic mass is 79.9. The molecule has 1 aliphatic rings. The largest absolute Gasteiger partial charge is 0.497 e. The first-order chi connectivity index (χ1) is 8.61. The van der Waals surface area contributed by atoms with Crippen molar-refractivity contribution in [3.63, 3.8) is 0 Å². The second kappa shape index (κ2) is 5.71. The van der Waals surface area contributed by atoms with E-state index in [1.807, 2.05) is 24.0 Å². The van der Waals surface area contributed by atoms with Crippen molar-refractivity contribution in [2.45, 2.75) is 13.0 Å². The van der Waals surface area contributed by atoms with Crippen LogP contribution in [0.1, 0.15) is 17.3 Å². The minimum Gasteiger partial charge on any atom is -0.497 e. The summed E-state index contributed by atoms with van der Waals surface area (Å²) in [7, 11) is 1.59. The second-order valence-corrected chi connectivity index (χ2v) is 5.13. The van der Waals surface area contributed by atoms with E-state index in [0.717, 1.165) is 4.47 Å². The van der Waals surface area contributed by atoms with Gasteiger partial charge >= 0.3 is 0 Å². The number of hydrogen-bond donors (Lipinski definition) is 0. The van der Waals surface area contributed by atoms with Crippen LogP contribution in [0.3, 0.4) is 0 Å². The second-order valence-electron chi connectivity index (χ2n) is 4.28. The highest BCUT2D eigenvalue weighted by Crippen LogP contribution is 2.24. The fraction of sp³-hybridized carbons (Fsp3) is 0.462. The molecular formula is C13H16BrNO3. The summed E-state index contributed by atoms with van der Waals surface area (Å²) < 4.78 is 11.4. The summed E-state index contributed by atoms with van der Waals surface area (Å²) in [5.74, 6) is 0.693. The van der Waals surface area contributed by atoms with E-state index in [1.54, 1.807) is 13.2 Å². The highest BCUT2D eigenvalue weighted by molar-refractivity contribution is 9.10. The molecule has 2 rings (SSSR count). The predicted octanol–water partition coefficient (Wildman–Crippen LogP) is 2.32. The van der Waals surface area contributed by atoms with Crippen molar-refractivity contribution in [2.24, 2.45) is 0 Å². The van der Waals surface area contributed by atoms with E-state index < -0.39 is 0 Å². The predicted molar refractivity (Wildman–Crippen MR) is 72.0 cm³/mol. The summed E-state index contributed by atoms with van der Waals surface area (Å²) in [6.45, 7) is 3.82. The first-order valence-electron chi connectivity index (χ1n) is 5.86. The van der Waals surface area contributed by atoms with Crippen molar-refractivity contribution in [1.82, 2.24) is 4.90 Å². The molecule has 1 atom stereocenters. The van der Waals surface area contributed by atoms with Crippen LogP contribution in [0.15, 0.2) is 22.7 Å². The summed E-state index contributed by atoms with van der Waals surface area (Å²) in [6.07, 6.45) is 0.0899. The molecule has 0 N–H and O–H groups in total. The van der Waals surface area contributed by atoms with Crippen LogP contribution in [0, 0.1) is 0 Å². The molecule has 5 heteroatoms. The molecule has 0 unspecified atom stereocenters. The summed E-state index contributed by atoms with van der Waals surface area (Å²) in [5.41, 5.74) is 0.628. The van der Waals surface area contributed by atoms with Gasteiger partial charge in [-0.3, -0.25) is 4.79 Å². The van der Waals surface area contributed by atoms with Crippen LogP contribution >= 0.6 is 15.9 Å². The van der Waals surface area contributed by atoms with Crippen molar-refractivity contribution in [3.05, 3.63) is 28.2 Å². The first kappa shape index (κ1) is 13.4. The minimum atomic E-state index is 0.0101. The van der Waals surface area contributed by atoms with E-state index in [2.05, 4.69) is 15.9 Å². The molecule has 0 bridgehead atoms. The van der Waals surface area contributed by atoms with Gasteiger partial charge in [-0.25, -0.2) is 0 Å². The number of morpholine rings is 1. The van der Waals surface area contributed by atoms with E-state index in [0.29, 0.717) is 31.0 Å². The van der Waals surface area contributed by atoms with Crippen molar-refractivity contribution >= 4 is 21.8 Å². The first-order valence-corrected chi connectivity index (χ1v) is 6.65. The summed E-state index contributed by atoms with van der Waals surface area (Å²) in [4.78, 5) is 14.2. The molecule has 0 spiro atoms. The number of halogens is 1. The van der Waals surface area contributed by atoms with Crippen LogP contribution in [-0.4, -0.2) is 43.7 Å². The van der Waals surface area contributed by atoms with Gasteiger partial charge < -0.3 is 14.4 Å². The number of methoxy groups -OCH3 is 1. The van der Waals surface area contributed by atoms with E-state index >= 15 is 0 Å². The number of rotatable bonds is 2. The standard InChI is InChI=1S/C13H16BrNO3/c1-9-8-15(5-6-18-9)13(16)11-7-10(17-2)3-4-12(11)14/h3-4,7,9H,5-6,8H2,1-2H3/t9-/m0/s1. The van der Waals surface area contributed by atoms with E-state index in [9.17, 15) is 4.79 Å². The third kappa shape index (κ3) is 2.84. The number of amides is 1. The van der Waals surface area contributed by atoms with Gasteiger partial charge in [0.15, 0.2) is 0 Å². The van der Waals surface area contributed by atoms with Gasteiger partial charge in [0.25, 0.3) is 5.91 Å². The maximum atomic E-state index is 12.4. The molecule has 1 aromatic rings. The minimum absolute atomic E-state index is 0.0101. The Balaban J connectivity index is 2.22. The summed E-state index contributed by atoms with van der Waals surface area (Å²) in [5, 5.41) is 0. The van der Waals surface area contributed by atoms with Crippen LogP contribution in [0.25, 0.3) is 0 Å². The van der Waals surface area contributed by atoms with Crippen molar-refractivity contribution in [3.8, 4) is 5.75 Å². The molecule has 18 heavy (non-hydrogen) atoms. The Morgan fingerprint density at radius 2 is 2.33 bits per heavy atom. The lowest BCUT2D eigenvalue weighted by molar-refractivity contribution is -0.0124. The zero-order valence-electron chi connectivity index (χ0n) is 10.5. The molecule has 1 amide bonds. The van der Waals surface area contributed by atoms with Crippen molar-refractivity contribution in [2.75, 3.05) is 26.8 Å². The van der Waals surface area contributed by atoms with Crippen LogP contribution in [0.5, 0.6) is 5.75 Å². The molecule has 0 radical (unpaired) electrons. The number of carbonyl (C=O) groups excluding carboxylic acids is 1. The smallest absolute Gasteiger partial charge is 0.255 e. The third-order valence-corrected chi connectivity index (χ3v) is 3.62. The van der Waals surface area contributed by atoms with Gasteiger partial charge in [0.05, 0.1) is 25.4 Å². The lowest BCUT2D eigenvalue weighted by Crippen LogP contribution is -2.44. The Morgan fingerprint density at radius 3 is 3.00 bits per heavy atom. The van der Waals surface area contributed by atoms with Crippen LogP contribution < -0.4 is 4.74 Å². The Kier molecular flexibility index (Phi) is 4.24. The Hall–Kier alpha value is -1.07. The monoisotopic (exact) mass is 313 g/mol. The molecule has 1 aliphatic heterocycles. The molecule has 1 aromatic carbocycles. The number of hydrogen-bond acceptors (Lipinski definition) is 3. The normalized spacial score (nSPS) is 19.7. The molecule has 4 nitrogen and oxygen atoms in total. The molecule has 1 saturated heterocycles. The van der Waals surface area contributed by atoms with Gasteiger partial charge in [0, 0.05) is 17.6 Å². The average Bonchev–Trinajstić information content (AvgIpc) is 2.38. The van der Waals surface area contributed by atoms with Crippen molar-refractivity contribution in [1.29, 1.82) is 0 Å². The fourth-order valence-electron chi connectivity index (χ4n) is 1.97. The quantitative estimate of drug-likeness (QED) is 0.841. The van der Waals surface area contributed by atoms with Crippen LogP contribution in [0.4, 0.5) is 0 Å². The van der Waals surface area contributed by atoms with Gasteiger partial charge in [0.1, 0.15) is 5.75 Å². The molecule has 0 saturated carbocycles. The number of ether oxygens (including phenoxy) is 2. The lowest BCUT2D eigenvalue weighted by Gasteiger charge is -2.31. The zero-order valence-corrected chi connectivity index (χ0v) is 12.1. The zero-order chi connectivity index (χ0) is 13.1. The van der Waals surface area contributed by atoms with Gasteiger partial charge in [0.2, 0.25) is 0 Å². The summed E-state index contributed by atoms with van der Waals surface area (Å²) >= 11 is 3.41. The molecule has 1 fully saturated rings. The van der Waals surface area contributed by atoms with E-state index in [1.165, 1.54) is 0 Å². The average molecular weight is 314 g/mol. The van der Waals surface area contributed by atoms with Gasteiger partial charge in [-0.05, 0) is 41.1 Å². The topological polar surface area (TPSA) is 38.8 Å². The maximum Gasteiger partial charge on any atom is 0.255 e. The van der Waals surface area contributed by atoms with E-state index in [-0.39, 0.29) is 12.0 Å². The maximum absolute atomic E-state index is 12.4. The van der Waals surface area contributed by atoms with Gasteiger partial charge in [-0.1, -0.05) is 0 Å². The highest BCUT2D eigenvalue weighted by Gasteiger charge is 2.24. The molecule has 98 valence electrons. The fourth-order valence-corrected chi connectivity index (χ4v) is 2.38. The third-order valence-electron chi connectivity index (χ3n) is 2.93. The Labute approximate surface area is 115 Å². The Bertz CT molecular complexity index is 450. The molecule has 1 heterocycles. The van der Waals surface area contributed by atoms with Crippen LogP contribution in [-0.2, 0) is 4.74 Å². The van der Waals surface area contributed by atoms with Gasteiger partial charge in [-0.15, -0.1) is 0 Å². The molecule has 0 aromatic heterocycles. The number of benzene rings is 1. The van der Waals surface area contributed by atoms with E-state index in [4.69, 9.17) is 9.47 Å². The van der Waals surface area contributed by atoms with Gasteiger partial charge in [-0.2, -0.15) is 0 Å².